The van der Waals surface area contributed by atoms with Crippen LogP contribution < -0.4 is 5.73 Å². The molecule has 32 heavy (non-hydrogen) atoms. The van der Waals surface area contributed by atoms with E-state index in [-0.39, 0.29) is 17.7 Å². The minimum Gasteiger partial charge on any atom is -0.505 e. The molecule has 0 unspecified atom stereocenters. The molecule has 2 heterocycles. The maximum Gasteiger partial charge on any atom is 0.146 e. The molecule has 2 aliphatic rings. The highest BCUT2D eigenvalue weighted by Gasteiger charge is 2.34. The molecule has 1 saturated heterocycles. The number of aromatic nitrogens is 2. The molecule has 0 spiro atoms. The van der Waals surface area contributed by atoms with Crippen LogP contribution in [0, 0.1) is 12.8 Å². The largest absolute Gasteiger partial charge is 0.505 e. The first-order valence-electron chi connectivity index (χ1n) is 11.8. The minimum atomic E-state index is -0.471. The predicted molar refractivity (Wildman–Crippen MR) is 128 cm³/mol. The molecule has 1 aliphatic carbocycles. The zero-order chi connectivity index (χ0) is 22.6. The van der Waals surface area contributed by atoms with E-state index in [2.05, 4.69) is 35.4 Å². The molecule has 170 valence electrons. The Bertz CT molecular complexity index is 1150. The summed E-state index contributed by atoms with van der Waals surface area (Å²) in [6, 6.07) is 10.2. The van der Waals surface area contributed by atoms with Crippen LogP contribution in [0.3, 0.4) is 0 Å². The Hall–Kier alpha value is -2.57. The van der Waals surface area contributed by atoms with E-state index in [4.69, 9.17) is 10.7 Å². The Labute approximate surface area is 189 Å². The molecular weight excluding hydrogens is 400 g/mol. The Morgan fingerprint density at radius 2 is 1.94 bits per heavy atom. The molecule has 6 nitrogen and oxygen atoms in total. The number of anilines is 1. The lowest BCUT2D eigenvalue weighted by Gasteiger charge is -2.38. The number of hydrogen-bond acceptors (Lipinski definition) is 5. The quantitative estimate of drug-likeness (QED) is 0.544. The Morgan fingerprint density at radius 1 is 1.16 bits per heavy atom. The number of nitrogen functional groups attached to an aromatic ring is 1. The van der Waals surface area contributed by atoms with Crippen LogP contribution in [0.4, 0.5) is 5.69 Å². The van der Waals surface area contributed by atoms with Crippen molar-refractivity contribution in [1.82, 2.24) is 14.5 Å². The summed E-state index contributed by atoms with van der Waals surface area (Å²) in [7, 11) is 0. The number of hydrogen-bond donors (Lipinski definition) is 3. The molecule has 6 heteroatoms. The number of aliphatic hydroxyl groups is 1. The minimum absolute atomic E-state index is 0.0312. The SMILES string of the molecule is Cc1ccc2c(nc(C(C)C)n2[C@@H]2CCN(C[C@@H]3Cc4ccc(N)cc4C3)C[C@H]2O)c1O. The van der Waals surface area contributed by atoms with Gasteiger partial charge in [0.2, 0.25) is 0 Å². The number of aromatic hydroxyl groups is 1. The van der Waals surface area contributed by atoms with Crippen LogP contribution in [0.15, 0.2) is 30.3 Å². The standard InChI is InChI=1S/C26H34N4O2/c1-15(2)26-28-24-22(7-4-16(3)25(24)32)30(26)21-8-9-29(14-23(21)31)13-17-10-18-5-6-20(27)12-19(18)11-17/h4-7,12,15,17,21,23,31-32H,8-11,13-14,27H2,1-3H3/t17-,21-,23-/m1/s1. The van der Waals surface area contributed by atoms with Crippen LogP contribution in [0.2, 0.25) is 0 Å². The topological polar surface area (TPSA) is 87.5 Å². The van der Waals surface area contributed by atoms with E-state index in [9.17, 15) is 10.2 Å². The van der Waals surface area contributed by atoms with Crippen LogP contribution in [0.5, 0.6) is 5.75 Å². The maximum atomic E-state index is 11.2. The van der Waals surface area contributed by atoms with Crippen LogP contribution >= 0.6 is 0 Å². The van der Waals surface area contributed by atoms with E-state index in [1.165, 1.54) is 11.1 Å². The van der Waals surface area contributed by atoms with E-state index < -0.39 is 6.10 Å². The van der Waals surface area contributed by atoms with Crippen LogP contribution in [0.1, 0.15) is 54.7 Å². The van der Waals surface area contributed by atoms with Crippen molar-refractivity contribution in [3.05, 3.63) is 52.8 Å². The molecule has 0 amide bonds. The fourth-order valence-corrected chi connectivity index (χ4v) is 5.70. The van der Waals surface area contributed by atoms with Gasteiger partial charge in [-0.2, -0.15) is 0 Å². The smallest absolute Gasteiger partial charge is 0.146 e. The van der Waals surface area contributed by atoms with Crippen molar-refractivity contribution in [2.75, 3.05) is 25.4 Å². The lowest BCUT2D eigenvalue weighted by atomic mass is 9.98. The van der Waals surface area contributed by atoms with Crippen LogP contribution in [0.25, 0.3) is 11.0 Å². The molecule has 0 bridgehead atoms. The van der Waals surface area contributed by atoms with Gasteiger partial charge in [-0.25, -0.2) is 4.98 Å². The third kappa shape index (κ3) is 3.65. The van der Waals surface area contributed by atoms with Gasteiger partial charge >= 0.3 is 0 Å². The third-order valence-corrected chi connectivity index (χ3v) is 7.31. The highest BCUT2D eigenvalue weighted by molar-refractivity contribution is 5.84. The molecule has 0 radical (unpaired) electrons. The number of phenols is 1. The summed E-state index contributed by atoms with van der Waals surface area (Å²) in [5, 5.41) is 21.8. The summed E-state index contributed by atoms with van der Waals surface area (Å²) in [5.41, 5.74) is 12.0. The molecule has 0 saturated carbocycles. The highest BCUT2D eigenvalue weighted by Crippen LogP contribution is 2.37. The third-order valence-electron chi connectivity index (χ3n) is 7.31. The van der Waals surface area contributed by atoms with Crippen molar-refractivity contribution < 1.29 is 10.2 Å². The Kier molecular flexibility index (Phi) is 5.38. The number of nitrogens with zero attached hydrogens (tertiary/aromatic N) is 3. The van der Waals surface area contributed by atoms with Gasteiger partial charge in [0.1, 0.15) is 17.1 Å². The number of likely N-dealkylation sites (tertiary alicyclic amines) is 1. The summed E-state index contributed by atoms with van der Waals surface area (Å²) in [5.74, 6) is 1.96. The normalized spacial score (nSPS) is 23.8. The van der Waals surface area contributed by atoms with Crippen LogP contribution in [-0.2, 0) is 12.8 Å². The first-order valence-corrected chi connectivity index (χ1v) is 11.8. The number of piperidine rings is 1. The van der Waals surface area contributed by atoms with Crippen molar-refractivity contribution in [2.24, 2.45) is 5.92 Å². The summed E-state index contributed by atoms with van der Waals surface area (Å²) in [6.07, 6.45) is 2.56. The lowest BCUT2D eigenvalue weighted by Crippen LogP contribution is -2.46. The monoisotopic (exact) mass is 434 g/mol. The predicted octanol–water partition coefficient (Wildman–Crippen LogP) is 3.78. The van der Waals surface area contributed by atoms with Gasteiger partial charge < -0.3 is 25.4 Å². The Morgan fingerprint density at radius 3 is 2.69 bits per heavy atom. The molecule has 5 rings (SSSR count). The summed E-state index contributed by atoms with van der Waals surface area (Å²) in [6.45, 7) is 8.74. The summed E-state index contributed by atoms with van der Waals surface area (Å²) >= 11 is 0. The van der Waals surface area contributed by atoms with Gasteiger partial charge in [0.15, 0.2) is 0 Å². The van der Waals surface area contributed by atoms with Crippen molar-refractivity contribution in [3.8, 4) is 5.75 Å². The number of aryl methyl sites for hydroxylation is 1. The second-order valence-electron chi connectivity index (χ2n) is 10.1. The average molecular weight is 435 g/mol. The van der Waals surface area contributed by atoms with Crippen molar-refractivity contribution in [3.63, 3.8) is 0 Å². The number of rotatable bonds is 4. The number of phenolic OH excluding ortho intramolecular Hbond substituents is 1. The maximum absolute atomic E-state index is 11.2. The second kappa shape index (κ2) is 8.09. The van der Waals surface area contributed by atoms with E-state index in [0.717, 1.165) is 54.9 Å². The number of β-amino-alcohol motifs (C(OH)–C–C–N with tert-alkyl or cyclic N) is 1. The van der Waals surface area contributed by atoms with Crippen molar-refractivity contribution >= 4 is 16.7 Å². The number of nitrogens with two attached hydrogens (primary N) is 1. The fourth-order valence-electron chi connectivity index (χ4n) is 5.70. The average Bonchev–Trinajstić information content (AvgIpc) is 3.32. The van der Waals surface area contributed by atoms with Crippen molar-refractivity contribution in [2.45, 2.75) is 58.1 Å². The van der Waals surface area contributed by atoms with Crippen molar-refractivity contribution in [1.29, 1.82) is 0 Å². The van der Waals surface area contributed by atoms with E-state index in [1.54, 1.807) is 0 Å². The second-order valence-corrected chi connectivity index (χ2v) is 10.1. The number of aliphatic hydroxyl groups excluding tert-OH is 1. The van der Waals surface area contributed by atoms with Gasteiger partial charge in [0.25, 0.3) is 0 Å². The molecule has 1 fully saturated rings. The lowest BCUT2D eigenvalue weighted by molar-refractivity contribution is 0.0218. The molecule has 1 aliphatic heterocycles. The van der Waals surface area contributed by atoms with Crippen LogP contribution in [-0.4, -0.2) is 50.4 Å². The zero-order valence-corrected chi connectivity index (χ0v) is 19.3. The van der Waals surface area contributed by atoms with Gasteiger partial charge in [-0.3, -0.25) is 0 Å². The van der Waals surface area contributed by atoms with E-state index >= 15 is 0 Å². The van der Waals surface area contributed by atoms with Gasteiger partial charge in [0.05, 0.1) is 17.7 Å². The summed E-state index contributed by atoms with van der Waals surface area (Å²) in [4.78, 5) is 7.21. The molecular formula is C26H34N4O2. The number of benzene rings is 2. The first-order chi connectivity index (χ1) is 15.3. The van der Waals surface area contributed by atoms with E-state index in [0.29, 0.717) is 18.0 Å². The van der Waals surface area contributed by atoms with E-state index in [1.807, 2.05) is 25.1 Å². The van der Waals surface area contributed by atoms with Gasteiger partial charge in [-0.15, -0.1) is 0 Å². The molecule has 1 aromatic heterocycles. The molecule has 3 aromatic rings. The molecule has 3 atom stereocenters. The molecule has 4 N–H and O–H groups in total. The first kappa shape index (κ1) is 21.3. The highest BCUT2D eigenvalue weighted by atomic mass is 16.3. The van der Waals surface area contributed by atoms with Gasteiger partial charge in [0, 0.05) is 31.2 Å². The zero-order valence-electron chi connectivity index (χ0n) is 19.3. The Balaban J connectivity index is 1.34. The number of fused-ring (bicyclic) bond motifs is 2. The summed E-state index contributed by atoms with van der Waals surface area (Å²) < 4.78 is 2.19. The fraction of sp³-hybridized carbons (Fsp3) is 0.500. The van der Waals surface area contributed by atoms with Gasteiger partial charge in [-0.05, 0) is 67.0 Å². The molecule has 2 aromatic carbocycles. The number of imidazole rings is 1. The van der Waals surface area contributed by atoms with Gasteiger partial charge in [-0.1, -0.05) is 26.0 Å².